The topological polar surface area (TPSA) is 66.9 Å². The standard InChI is InChI=1S/C17H14Cl2N4OS/c1-9-16(25-17(21-9)22-10(2)24)11-5-6-20-15(7-11)23-14-4-3-12(18)8-13(14)19/h3-8H,1-2H3,(H,20,23)(H,21,22,24). The van der Waals surface area contributed by atoms with E-state index in [1.54, 1.807) is 24.4 Å². The average molecular weight is 393 g/mol. The number of amides is 1. The molecule has 0 aliphatic rings. The highest BCUT2D eigenvalue weighted by atomic mass is 35.5. The summed E-state index contributed by atoms with van der Waals surface area (Å²) in [6, 6.07) is 9.02. The highest BCUT2D eigenvalue weighted by Gasteiger charge is 2.12. The molecule has 0 saturated heterocycles. The van der Waals surface area contributed by atoms with E-state index in [1.165, 1.54) is 18.3 Å². The van der Waals surface area contributed by atoms with Gasteiger partial charge in [0.1, 0.15) is 5.82 Å². The van der Waals surface area contributed by atoms with Gasteiger partial charge in [-0.2, -0.15) is 0 Å². The molecule has 0 spiro atoms. The number of benzene rings is 1. The van der Waals surface area contributed by atoms with E-state index in [2.05, 4.69) is 20.6 Å². The summed E-state index contributed by atoms with van der Waals surface area (Å²) in [5.74, 6) is 0.505. The number of nitrogens with zero attached hydrogens (tertiary/aromatic N) is 2. The van der Waals surface area contributed by atoms with Crippen LogP contribution in [0.4, 0.5) is 16.6 Å². The summed E-state index contributed by atoms with van der Waals surface area (Å²) in [7, 11) is 0. The summed E-state index contributed by atoms with van der Waals surface area (Å²) in [6.45, 7) is 3.36. The molecule has 0 aliphatic carbocycles. The van der Waals surface area contributed by atoms with Crippen molar-refractivity contribution in [3.63, 3.8) is 0 Å². The molecule has 5 nitrogen and oxygen atoms in total. The lowest BCUT2D eigenvalue weighted by molar-refractivity contribution is -0.114. The van der Waals surface area contributed by atoms with Crippen molar-refractivity contribution in [2.24, 2.45) is 0 Å². The molecule has 2 aromatic heterocycles. The number of anilines is 3. The van der Waals surface area contributed by atoms with E-state index in [0.717, 1.165) is 21.8 Å². The van der Waals surface area contributed by atoms with Crippen LogP contribution in [0, 0.1) is 6.92 Å². The highest BCUT2D eigenvalue weighted by molar-refractivity contribution is 7.19. The van der Waals surface area contributed by atoms with E-state index in [1.807, 2.05) is 19.1 Å². The molecule has 3 rings (SSSR count). The van der Waals surface area contributed by atoms with Gasteiger partial charge in [-0.3, -0.25) is 4.79 Å². The molecule has 2 N–H and O–H groups in total. The predicted molar refractivity (Wildman–Crippen MR) is 104 cm³/mol. The van der Waals surface area contributed by atoms with Gasteiger partial charge in [-0.15, -0.1) is 0 Å². The van der Waals surface area contributed by atoms with Gasteiger partial charge in [0.05, 0.1) is 21.3 Å². The molecule has 1 aromatic carbocycles. The van der Waals surface area contributed by atoms with Crippen molar-refractivity contribution in [2.45, 2.75) is 13.8 Å². The number of carbonyl (C=O) groups is 1. The van der Waals surface area contributed by atoms with Crippen LogP contribution in [0.1, 0.15) is 12.6 Å². The molecule has 0 saturated carbocycles. The first-order valence-electron chi connectivity index (χ1n) is 7.36. The SMILES string of the molecule is CC(=O)Nc1nc(C)c(-c2ccnc(Nc3ccc(Cl)cc3Cl)c2)s1. The normalized spacial score (nSPS) is 10.6. The third-order valence-corrected chi connectivity index (χ3v) is 4.97. The maximum atomic E-state index is 11.2. The van der Waals surface area contributed by atoms with Crippen LogP contribution < -0.4 is 10.6 Å². The Bertz CT molecular complexity index is 942. The largest absolute Gasteiger partial charge is 0.339 e. The Balaban J connectivity index is 1.89. The highest BCUT2D eigenvalue weighted by Crippen LogP contribution is 2.34. The van der Waals surface area contributed by atoms with Gasteiger partial charge in [0.2, 0.25) is 5.91 Å². The van der Waals surface area contributed by atoms with E-state index in [0.29, 0.717) is 21.0 Å². The van der Waals surface area contributed by atoms with E-state index >= 15 is 0 Å². The minimum atomic E-state index is -0.144. The minimum absolute atomic E-state index is 0.144. The van der Waals surface area contributed by atoms with Gasteiger partial charge in [0.25, 0.3) is 0 Å². The second-order valence-electron chi connectivity index (χ2n) is 5.29. The Morgan fingerprint density at radius 3 is 2.72 bits per heavy atom. The number of thiazole rings is 1. The van der Waals surface area contributed by atoms with Crippen molar-refractivity contribution in [3.05, 3.63) is 52.3 Å². The van der Waals surface area contributed by atoms with Crippen LogP contribution in [-0.2, 0) is 4.79 Å². The molecule has 0 atom stereocenters. The molecule has 25 heavy (non-hydrogen) atoms. The molecule has 0 radical (unpaired) electrons. The molecular formula is C17H14Cl2N4OS. The van der Waals surface area contributed by atoms with Gasteiger partial charge in [0.15, 0.2) is 5.13 Å². The van der Waals surface area contributed by atoms with Crippen molar-refractivity contribution < 1.29 is 4.79 Å². The molecule has 128 valence electrons. The van der Waals surface area contributed by atoms with Crippen LogP contribution in [0.2, 0.25) is 10.0 Å². The van der Waals surface area contributed by atoms with Crippen molar-refractivity contribution >= 4 is 57.1 Å². The van der Waals surface area contributed by atoms with E-state index in [4.69, 9.17) is 23.2 Å². The van der Waals surface area contributed by atoms with E-state index in [-0.39, 0.29) is 5.91 Å². The van der Waals surface area contributed by atoms with Gasteiger partial charge < -0.3 is 10.6 Å². The average Bonchev–Trinajstić information content (AvgIpc) is 2.90. The molecule has 1 amide bonds. The summed E-state index contributed by atoms with van der Waals surface area (Å²) < 4.78 is 0. The lowest BCUT2D eigenvalue weighted by Crippen LogP contribution is -2.04. The number of nitrogens with one attached hydrogen (secondary N) is 2. The molecule has 8 heteroatoms. The smallest absolute Gasteiger partial charge is 0.223 e. The van der Waals surface area contributed by atoms with Crippen molar-refractivity contribution in [1.82, 2.24) is 9.97 Å². The molecule has 3 aromatic rings. The summed E-state index contributed by atoms with van der Waals surface area (Å²) in [5.41, 5.74) is 2.51. The molecule has 0 bridgehead atoms. The number of carbonyl (C=O) groups excluding carboxylic acids is 1. The van der Waals surface area contributed by atoms with Crippen LogP contribution in [-0.4, -0.2) is 15.9 Å². The zero-order chi connectivity index (χ0) is 18.0. The maximum Gasteiger partial charge on any atom is 0.223 e. The first kappa shape index (κ1) is 17.7. The zero-order valence-corrected chi connectivity index (χ0v) is 15.8. The Hall–Kier alpha value is -2.15. The van der Waals surface area contributed by atoms with Crippen molar-refractivity contribution in [1.29, 1.82) is 0 Å². The summed E-state index contributed by atoms with van der Waals surface area (Å²) in [5, 5.41) is 7.55. The number of rotatable bonds is 4. The molecule has 0 aliphatic heterocycles. The fraction of sp³-hybridized carbons (Fsp3) is 0.118. The lowest BCUT2D eigenvalue weighted by atomic mass is 10.2. The Labute approximate surface area is 159 Å². The predicted octanol–water partition coefficient (Wildman–Crippen LogP) is 5.52. The second kappa shape index (κ2) is 7.39. The summed E-state index contributed by atoms with van der Waals surface area (Å²) in [4.78, 5) is 20.9. The van der Waals surface area contributed by atoms with Gasteiger partial charge in [-0.05, 0) is 42.8 Å². The van der Waals surface area contributed by atoms with Gasteiger partial charge in [-0.25, -0.2) is 9.97 Å². The van der Waals surface area contributed by atoms with E-state index in [9.17, 15) is 4.79 Å². The third kappa shape index (κ3) is 4.28. The number of halogens is 2. The second-order valence-corrected chi connectivity index (χ2v) is 7.14. The molecule has 0 unspecified atom stereocenters. The number of hydrogen-bond acceptors (Lipinski definition) is 5. The number of pyridine rings is 1. The third-order valence-electron chi connectivity index (χ3n) is 3.30. The number of aryl methyl sites for hydroxylation is 1. The Kier molecular flexibility index (Phi) is 5.22. The summed E-state index contributed by atoms with van der Waals surface area (Å²) in [6.07, 6.45) is 1.71. The quantitative estimate of drug-likeness (QED) is 0.612. The first-order valence-corrected chi connectivity index (χ1v) is 8.93. The number of hydrogen-bond donors (Lipinski definition) is 2. The molecule has 2 heterocycles. The monoisotopic (exact) mass is 392 g/mol. The van der Waals surface area contributed by atoms with E-state index < -0.39 is 0 Å². The van der Waals surface area contributed by atoms with Gasteiger partial charge in [-0.1, -0.05) is 34.5 Å². The van der Waals surface area contributed by atoms with Gasteiger partial charge >= 0.3 is 0 Å². The Morgan fingerprint density at radius 2 is 2.00 bits per heavy atom. The lowest BCUT2D eigenvalue weighted by Gasteiger charge is -2.09. The zero-order valence-electron chi connectivity index (χ0n) is 13.4. The van der Waals surface area contributed by atoms with Crippen LogP contribution in [0.5, 0.6) is 0 Å². The van der Waals surface area contributed by atoms with Crippen LogP contribution >= 0.6 is 34.5 Å². The first-order chi connectivity index (χ1) is 11.9. The number of aromatic nitrogens is 2. The fourth-order valence-electron chi connectivity index (χ4n) is 2.24. The molecular weight excluding hydrogens is 379 g/mol. The Morgan fingerprint density at radius 1 is 1.20 bits per heavy atom. The molecule has 0 fully saturated rings. The van der Waals surface area contributed by atoms with Crippen molar-refractivity contribution in [3.8, 4) is 10.4 Å². The van der Waals surface area contributed by atoms with Crippen LogP contribution in [0.3, 0.4) is 0 Å². The van der Waals surface area contributed by atoms with Gasteiger partial charge in [0, 0.05) is 18.1 Å². The van der Waals surface area contributed by atoms with Crippen LogP contribution in [0.25, 0.3) is 10.4 Å². The summed E-state index contributed by atoms with van der Waals surface area (Å²) >= 11 is 13.5. The van der Waals surface area contributed by atoms with Crippen molar-refractivity contribution in [2.75, 3.05) is 10.6 Å². The fourth-order valence-corrected chi connectivity index (χ4v) is 3.70. The van der Waals surface area contributed by atoms with Crippen LogP contribution in [0.15, 0.2) is 36.5 Å². The maximum absolute atomic E-state index is 11.2. The minimum Gasteiger partial charge on any atom is -0.339 e.